The Bertz CT molecular complexity index is 854. The molecular formula is C18H15BrN2O3. The number of carbonyl (C=O) groups is 1. The Morgan fingerprint density at radius 1 is 1.38 bits per heavy atom. The van der Waals surface area contributed by atoms with E-state index in [0.717, 1.165) is 5.56 Å². The van der Waals surface area contributed by atoms with E-state index in [-0.39, 0.29) is 17.1 Å². The summed E-state index contributed by atoms with van der Waals surface area (Å²) in [6.07, 6.45) is 1.43. The summed E-state index contributed by atoms with van der Waals surface area (Å²) >= 11 is 3.21. The molecule has 0 fully saturated rings. The Morgan fingerprint density at radius 2 is 2.12 bits per heavy atom. The first kappa shape index (κ1) is 17.6. The number of aryl methyl sites for hydroxylation is 1. The number of phenolic OH excluding ortho intramolecular Hbond substituents is 1. The second-order valence-electron chi connectivity index (χ2n) is 5.05. The first-order valence-electron chi connectivity index (χ1n) is 7.01. The summed E-state index contributed by atoms with van der Waals surface area (Å²) in [5, 5.41) is 21.8. The molecule has 24 heavy (non-hydrogen) atoms. The van der Waals surface area contributed by atoms with Gasteiger partial charge in [0.05, 0.1) is 11.6 Å². The predicted molar refractivity (Wildman–Crippen MR) is 95.8 cm³/mol. The minimum Gasteiger partial charge on any atom is -0.503 e. The fourth-order valence-electron chi connectivity index (χ4n) is 2.07. The second-order valence-corrected chi connectivity index (χ2v) is 5.90. The molecule has 5 nitrogen and oxygen atoms in total. The van der Waals surface area contributed by atoms with Gasteiger partial charge in [0.25, 0.3) is 5.91 Å². The van der Waals surface area contributed by atoms with Gasteiger partial charge < -0.3 is 15.2 Å². The molecule has 0 aliphatic carbocycles. The quantitative estimate of drug-likeness (QED) is 0.613. The number of hydrogen-bond acceptors (Lipinski definition) is 4. The topological polar surface area (TPSA) is 82.3 Å². The molecule has 0 unspecified atom stereocenters. The van der Waals surface area contributed by atoms with Crippen molar-refractivity contribution in [2.75, 3.05) is 12.4 Å². The SMILES string of the molecule is COc1cc(C=C(C#N)C(=O)Nc2cccc(C)c2)cc(Br)c1O. The average Bonchev–Trinajstić information content (AvgIpc) is 2.55. The number of carbonyl (C=O) groups excluding carboxylic acids is 1. The Hall–Kier alpha value is -2.78. The van der Waals surface area contributed by atoms with Crippen LogP contribution in [0.1, 0.15) is 11.1 Å². The fraction of sp³-hybridized carbons (Fsp3) is 0.111. The number of amides is 1. The normalized spacial score (nSPS) is 10.8. The monoisotopic (exact) mass is 386 g/mol. The first-order valence-corrected chi connectivity index (χ1v) is 7.80. The third kappa shape index (κ3) is 4.15. The van der Waals surface area contributed by atoms with Crippen LogP contribution in [0.15, 0.2) is 46.4 Å². The van der Waals surface area contributed by atoms with Crippen LogP contribution in [0.4, 0.5) is 5.69 Å². The summed E-state index contributed by atoms with van der Waals surface area (Å²) in [5.74, 6) is -0.310. The summed E-state index contributed by atoms with van der Waals surface area (Å²) in [6.45, 7) is 1.91. The number of methoxy groups -OCH3 is 1. The van der Waals surface area contributed by atoms with Crippen LogP contribution in [0.2, 0.25) is 0 Å². The number of aromatic hydroxyl groups is 1. The standard InChI is InChI=1S/C18H15BrN2O3/c1-11-4-3-5-14(6-11)21-18(23)13(10-20)7-12-8-15(19)17(22)16(9-12)24-2/h3-9,22H,1-2H3,(H,21,23). The molecule has 0 aliphatic rings. The highest BCUT2D eigenvalue weighted by Crippen LogP contribution is 2.35. The number of rotatable bonds is 4. The highest BCUT2D eigenvalue weighted by molar-refractivity contribution is 9.10. The number of hydrogen-bond donors (Lipinski definition) is 2. The number of halogens is 1. The first-order chi connectivity index (χ1) is 11.4. The number of nitrogens with one attached hydrogen (secondary N) is 1. The molecule has 2 N–H and O–H groups in total. The minimum atomic E-state index is -0.508. The van der Waals surface area contributed by atoms with E-state index in [1.54, 1.807) is 12.1 Å². The predicted octanol–water partition coefficient (Wildman–Crippen LogP) is 4.02. The number of ether oxygens (including phenoxy) is 1. The molecule has 0 aromatic heterocycles. The van der Waals surface area contributed by atoms with E-state index in [4.69, 9.17) is 4.74 Å². The Kier molecular flexibility index (Phi) is 5.61. The van der Waals surface area contributed by atoms with Crippen molar-refractivity contribution in [3.05, 3.63) is 57.6 Å². The summed E-state index contributed by atoms with van der Waals surface area (Å²) in [6, 6.07) is 12.3. The second kappa shape index (κ2) is 7.66. The summed E-state index contributed by atoms with van der Waals surface area (Å²) in [4.78, 5) is 12.3. The summed E-state index contributed by atoms with van der Waals surface area (Å²) in [5.41, 5.74) is 2.11. The van der Waals surface area contributed by atoms with Gasteiger partial charge in [-0.3, -0.25) is 4.79 Å². The van der Waals surface area contributed by atoms with Crippen molar-refractivity contribution >= 4 is 33.6 Å². The molecule has 0 spiro atoms. The molecule has 122 valence electrons. The highest BCUT2D eigenvalue weighted by atomic mass is 79.9. The molecular weight excluding hydrogens is 372 g/mol. The van der Waals surface area contributed by atoms with Crippen molar-refractivity contribution < 1.29 is 14.6 Å². The number of nitriles is 1. The molecule has 1 amide bonds. The van der Waals surface area contributed by atoms with E-state index in [1.807, 2.05) is 31.2 Å². The lowest BCUT2D eigenvalue weighted by atomic mass is 10.1. The molecule has 6 heteroatoms. The molecule has 2 aromatic carbocycles. The molecule has 0 aliphatic heterocycles. The maximum absolute atomic E-state index is 12.3. The van der Waals surface area contributed by atoms with Crippen LogP contribution in [0.25, 0.3) is 6.08 Å². The lowest BCUT2D eigenvalue weighted by Gasteiger charge is -2.08. The van der Waals surface area contributed by atoms with Gasteiger partial charge in [-0.25, -0.2) is 0 Å². The number of phenols is 1. The molecule has 0 atom stereocenters. The van der Waals surface area contributed by atoms with Crippen molar-refractivity contribution in [3.63, 3.8) is 0 Å². The Balaban J connectivity index is 2.31. The van der Waals surface area contributed by atoms with Gasteiger partial charge in [-0.15, -0.1) is 0 Å². The zero-order valence-corrected chi connectivity index (χ0v) is 14.7. The van der Waals surface area contributed by atoms with E-state index in [9.17, 15) is 15.2 Å². The number of nitrogens with zero attached hydrogens (tertiary/aromatic N) is 1. The number of benzene rings is 2. The maximum Gasteiger partial charge on any atom is 0.266 e. The van der Waals surface area contributed by atoms with Crippen molar-refractivity contribution in [2.24, 2.45) is 0 Å². The van der Waals surface area contributed by atoms with Gasteiger partial charge in [0.2, 0.25) is 0 Å². The molecule has 0 saturated heterocycles. The van der Waals surface area contributed by atoms with Gasteiger partial charge in [-0.05, 0) is 64.3 Å². The van der Waals surface area contributed by atoms with Gasteiger partial charge in [0, 0.05) is 5.69 Å². The van der Waals surface area contributed by atoms with Gasteiger partial charge >= 0.3 is 0 Å². The zero-order valence-electron chi connectivity index (χ0n) is 13.1. The molecule has 0 radical (unpaired) electrons. The van der Waals surface area contributed by atoms with Crippen molar-refractivity contribution in [1.29, 1.82) is 5.26 Å². The third-order valence-electron chi connectivity index (χ3n) is 3.22. The Morgan fingerprint density at radius 3 is 2.75 bits per heavy atom. The van der Waals surface area contributed by atoms with Gasteiger partial charge in [-0.2, -0.15) is 5.26 Å². The lowest BCUT2D eigenvalue weighted by molar-refractivity contribution is -0.112. The van der Waals surface area contributed by atoms with E-state index in [0.29, 0.717) is 15.7 Å². The van der Waals surface area contributed by atoms with Crippen LogP contribution in [-0.2, 0) is 4.79 Å². The maximum atomic E-state index is 12.3. The van der Waals surface area contributed by atoms with Crippen LogP contribution >= 0.6 is 15.9 Å². The van der Waals surface area contributed by atoms with Gasteiger partial charge in [0.1, 0.15) is 11.6 Å². The van der Waals surface area contributed by atoms with Crippen LogP contribution in [0, 0.1) is 18.3 Å². The van der Waals surface area contributed by atoms with Crippen LogP contribution < -0.4 is 10.1 Å². The molecule has 2 rings (SSSR count). The van der Waals surface area contributed by atoms with Crippen LogP contribution in [0.5, 0.6) is 11.5 Å². The number of anilines is 1. The summed E-state index contributed by atoms with van der Waals surface area (Å²) < 4.78 is 5.47. The van der Waals surface area contributed by atoms with E-state index in [1.165, 1.54) is 19.3 Å². The Labute approximate surface area is 148 Å². The lowest BCUT2D eigenvalue weighted by Crippen LogP contribution is -2.13. The molecule has 0 bridgehead atoms. The van der Waals surface area contributed by atoms with E-state index >= 15 is 0 Å². The van der Waals surface area contributed by atoms with Crippen molar-refractivity contribution in [2.45, 2.75) is 6.92 Å². The van der Waals surface area contributed by atoms with Gasteiger partial charge in [0.15, 0.2) is 11.5 Å². The zero-order chi connectivity index (χ0) is 17.7. The molecule has 0 heterocycles. The van der Waals surface area contributed by atoms with Crippen LogP contribution in [-0.4, -0.2) is 18.1 Å². The van der Waals surface area contributed by atoms with Crippen molar-refractivity contribution in [3.8, 4) is 17.6 Å². The minimum absolute atomic E-state index is 0.0441. The average molecular weight is 387 g/mol. The largest absolute Gasteiger partial charge is 0.503 e. The summed E-state index contributed by atoms with van der Waals surface area (Å²) in [7, 11) is 1.42. The van der Waals surface area contributed by atoms with Crippen LogP contribution in [0.3, 0.4) is 0 Å². The molecule has 2 aromatic rings. The highest BCUT2D eigenvalue weighted by Gasteiger charge is 2.12. The third-order valence-corrected chi connectivity index (χ3v) is 3.83. The van der Waals surface area contributed by atoms with E-state index in [2.05, 4.69) is 21.2 Å². The van der Waals surface area contributed by atoms with Gasteiger partial charge in [-0.1, -0.05) is 12.1 Å². The fourth-order valence-corrected chi connectivity index (χ4v) is 2.53. The van der Waals surface area contributed by atoms with E-state index < -0.39 is 5.91 Å². The molecule has 0 saturated carbocycles. The smallest absolute Gasteiger partial charge is 0.266 e. The van der Waals surface area contributed by atoms with Crippen molar-refractivity contribution in [1.82, 2.24) is 0 Å².